The normalized spacial score (nSPS) is 18.3. The third-order valence-corrected chi connectivity index (χ3v) is 3.63. The van der Waals surface area contributed by atoms with Crippen LogP contribution in [0.5, 0.6) is 0 Å². The van der Waals surface area contributed by atoms with E-state index in [0.717, 1.165) is 31.2 Å². The number of aromatic nitrogens is 1. The number of amides is 1. The molecule has 0 radical (unpaired) electrons. The van der Waals surface area contributed by atoms with Crippen molar-refractivity contribution in [3.8, 4) is 0 Å². The second-order valence-electron chi connectivity index (χ2n) is 5.20. The Hall–Kier alpha value is -1.42. The molecular weight excluding hydrogens is 228 g/mol. The zero-order valence-electron chi connectivity index (χ0n) is 10.8. The second-order valence-corrected chi connectivity index (χ2v) is 5.20. The summed E-state index contributed by atoms with van der Waals surface area (Å²) in [5, 5.41) is 12.6. The number of carbonyl (C=O) groups is 1. The lowest BCUT2D eigenvalue weighted by Crippen LogP contribution is -2.52. The van der Waals surface area contributed by atoms with Crippen LogP contribution in [0.1, 0.15) is 48.0 Å². The Labute approximate surface area is 107 Å². The van der Waals surface area contributed by atoms with Gasteiger partial charge in [0.15, 0.2) is 0 Å². The number of nitrogens with one attached hydrogen (secondary N) is 1. The van der Waals surface area contributed by atoms with E-state index < -0.39 is 5.54 Å². The minimum Gasteiger partial charge on any atom is -0.394 e. The molecule has 0 aliphatic heterocycles. The van der Waals surface area contributed by atoms with Crippen molar-refractivity contribution in [2.75, 3.05) is 6.61 Å². The maximum atomic E-state index is 12.2. The first-order valence-corrected chi connectivity index (χ1v) is 6.50. The molecule has 0 bridgehead atoms. The van der Waals surface area contributed by atoms with Crippen LogP contribution >= 0.6 is 0 Å². The number of rotatable bonds is 3. The Balaban J connectivity index is 2.10. The molecule has 1 saturated carbocycles. The fourth-order valence-corrected chi connectivity index (χ4v) is 2.54. The van der Waals surface area contributed by atoms with Crippen molar-refractivity contribution < 1.29 is 9.90 Å². The molecule has 1 aliphatic rings. The molecule has 18 heavy (non-hydrogen) atoms. The average molecular weight is 248 g/mol. The van der Waals surface area contributed by atoms with Gasteiger partial charge >= 0.3 is 0 Å². The molecule has 1 fully saturated rings. The monoisotopic (exact) mass is 248 g/mol. The Morgan fingerprint density at radius 1 is 1.39 bits per heavy atom. The van der Waals surface area contributed by atoms with Gasteiger partial charge in [0, 0.05) is 12.4 Å². The zero-order chi connectivity index (χ0) is 13.0. The molecule has 1 aromatic rings. The van der Waals surface area contributed by atoms with E-state index in [-0.39, 0.29) is 12.5 Å². The number of pyridine rings is 1. The topological polar surface area (TPSA) is 62.2 Å². The fourth-order valence-electron chi connectivity index (χ4n) is 2.54. The lowest BCUT2D eigenvalue weighted by molar-refractivity contribution is 0.0758. The highest BCUT2D eigenvalue weighted by Gasteiger charge is 2.33. The first-order chi connectivity index (χ1) is 8.65. The molecule has 0 saturated heterocycles. The van der Waals surface area contributed by atoms with Crippen LogP contribution in [0, 0.1) is 6.92 Å². The lowest BCUT2D eigenvalue weighted by atomic mass is 9.82. The van der Waals surface area contributed by atoms with Gasteiger partial charge in [0.2, 0.25) is 0 Å². The summed E-state index contributed by atoms with van der Waals surface area (Å²) in [6.45, 7) is 1.92. The number of carbonyl (C=O) groups excluding carboxylic acids is 1. The fraction of sp³-hybridized carbons (Fsp3) is 0.571. The van der Waals surface area contributed by atoms with Crippen LogP contribution in [0.3, 0.4) is 0 Å². The molecule has 4 nitrogen and oxygen atoms in total. The molecule has 0 unspecified atom stereocenters. The Kier molecular flexibility index (Phi) is 3.97. The molecule has 0 aromatic carbocycles. The van der Waals surface area contributed by atoms with Crippen LogP contribution in [0.4, 0.5) is 0 Å². The minimum absolute atomic E-state index is 0.0119. The van der Waals surface area contributed by atoms with Gasteiger partial charge in [0.05, 0.1) is 17.7 Å². The van der Waals surface area contributed by atoms with Gasteiger partial charge in [-0.2, -0.15) is 0 Å². The third kappa shape index (κ3) is 2.88. The summed E-state index contributed by atoms with van der Waals surface area (Å²) >= 11 is 0. The van der Waals surface area contributed by atoms with E-state index in [2.05, 4.69) is 10.3 Å². The highest BCUT2D eigenvalue weighted by atomic mass is 16.3. The number of hydrogen-bond donors (Lipinski definition) is 2. The molecule has 1 aromatic heterocycles. The summed E-state index contributed by atoms with van der Waals surface area (Å²) in [6, 6.07) is 1.82. The first-order valence-electron chi connectivity index (χ1n) is 6.50. The van der Waals surface area contributed by atoms with Crippen LogP contribution in [0.2, 0.25) is 0 Å². The summed E-state index contributed by atoms with van der Waals surface area (Å²) in [6.07, 6.45) is 8.31. The Morgan fingerprint density at radius 3 is 2.72 bits per heavy atom. The van der Waals surface area contributed by atoms with E-state index in [0.29, 0.717) is 5.56 Å². The van der Waals surface area contributed by atoms with Gasteiger partial charge in [-0.1, -0.05) is 19.3 Å². The van der Waals surface area contributed by atoms with E-state index >= 15 is 0 Å². The number of aryl methyl sites for hydroxylation is 1. The predicted octanol–water partition coefficient (Wildman–Crippen LogP) is 1.82. The predicted molar refractivity (Wildman–Crippen MR) is 69.3 cm³/mol. The van der Waals surface area contributed by atoms with Gasteiger partial charge in [-0.05, 0) is 31.4 Å². The number of nitrogens with zero attached hydrogens (tertiary/aromatic N) is 1. The number of aliphatic hydroxyl groups excluding tert-OH is 1. The molecule has 0 atom stereocenters. The molecule has 1 aliphatic carbocycles. The van der Waals surface area contributed by atoms with E-state index in [1.54, 1.807) is 12.4 Å². The molecule has 2 rings (SSSR count). The molecule has 4 heteroatoms. The van der Waals surface area contributed by atoms with Gasteiger partial charge in [-0.15, -0.1) is 0 Å². The summed E-state index contributed by atoms with van der Waals surface area (Å²) in [5.41, 5.74) is 1.09. The van der Waals surface area contributed by atoms with Gasteiger partial charge < -0.3 is 10.4 Å². The SMILES string of the molecule is Cc1cncc(C(=O)NC2(CO)CCCCC2)c1. The van der Waals surface area contributed by atoms with E-state index in [4.69, 9.17) is 0 Å². The summed E-state index contributed by atoms with van der Waals surface area (Å²) in [7, 11) is 0. The van der Waals surface area contributed by atoms with Crippen LogP contribution in [-0.4, -0.2) is 28.1 Å². The van der Waals surface area contributed by atoms with Crippen LogP contribution in [0.15, 0.2) is 18.5 Å². The Bertz CT molecular complexity index is 426. The van der Waals surface area contributed by atoms with Crippen LogP contribution in [-0.2, 0) is 0 Å². The lowest BCUT2D eigenvalue weighted by Gasteiger charge is -2.36. The Morgan fingerprint density at radius 2 is 2.11 bits per heavy atom. The highest BCUT2D eigenvalue weighted by molar-refractivity contribution is 5.94. The van der Waals surface area contributed by atoms with E-state index in [1.165, 1.54) is 6.42 Å². The van der Waals surface area contributed by atoms with E-state index in [9.17, 15) is 9.90 Å². The van der Waals surface area contributed by atoms with Crippen molar-refractivity contribution in [1.29, 1.82) is 0 Å². The smallest absolute Gasteiger partial charge is 0.253 e. The summed E-state index contributed by atoms with van der Waals surface area (Å²) in [4.78, 5) is 16.2. The summed E-state index contributed by atoms with van der Waals surface area (Å²) < 4.78 is 0. The second kappa shape index (κ2) is 5.48. The van der Waals surface area contributed by atoms with Crippen molar-refractivity contribution in [3.05, 3.63) is 29.6 Å². The van der Waals surface area contributed by atoms with Gasteiger partial charge in [0.25, 0.3) is 5.91 Å². The molecule has 1 heterocycles. The zero-order valence-corrected chi connectivity index (χ0v) is 10.8. The van der Waals surface area contributed by atoms with Gasteiger partial charge in [-0.3, -0.25) is 9.78 Å². The quantitative estimate of drug-likeness (QED) is 0.857. The third-order valence-electron chi connectivity index (χ3n) is 3.63. The first kappa shape index (κ1) is 13.0. The largest absolute Gasteiger partial charge is 0.394 e. The molecular formula is C14H20N2O2. The number of aliphatic hydroxyl groups is 1. The molecule has 2 N–H and O–H groups in total. The van der Waals surface area contributed by atoms with Crippen molar-refractivity contribution >= 4 is 5.91 Å². The van der Waals surface area contributed by atoms with Crippen LogP contribution in [0.25, 0.3) is 0 Å². The van der Waals surface area contributed by atoms with Gasteiger partial charge in [-0.25, -0.2) is 0 Å². The summed E-state index contributed by atoms with van der Waals surface area (Å²) in [5.74, 6) is -0.137. The average Bonchev–Trinajstić information content (AvgIpc) is 2.40. The van der Waals surface area contributed by atoms with Crippen LogP contribution < -0.4 is 5.32 Å². The minimum atomic E-state index is -0.431. The van der Waals surface area contributed by atoms with Crippen molar-refractivity contribution in [1.82, 2.24) is 10.3 Å². The number of hydrogen-bond acceptors (Lipinski definition) is 3. The molecule has 0 spiro atoms. The van der Waals surface area contributed by atoms with Crippen molar-refractivity contribution in [3.63, 3.8) is 0 Å². The highest BCUT2D eigenvalue weighted by Crippen LogP contribution is 2.28. The maximum absolute atomic E-state index is 12.2. The van der Waals surface area contributed by atoms with Crippen molar-refractivity contribution in [2.45, 2.75) is 44.6 Å². The van der Waals surface area contributed by atoms with Crippen molar-refractivity contribution in [2.24, 2.45) is 0 Å². The molecule has 98 valence electrons. The molecule has 1 amide bonds. The maximum Gasteiger partial charge on any atom is 0.253 e. The standard InChI is InChI=1S/C14H20N2O2/c1-11-7-12(9-15-8-11)13(18)16-14(10-17)5-3-2-4-6-14/h7-9,17H,2-6,10H2,1H3,(H,16,18). The van der Waals surface area contributed by atoms with Gasteiger partial charge in [0.1, 0.15) is 0 Å². The van der Waals surface area contributed by atoms with E-state index in [1.807, 2.05) is 13.0 Å².